The number of nitrogens with two attached hydrogens (primary N) is 2. The van der Waals surface area contributed by atoms with Crippen LogP contribution in [0.1, 0.15) is 22.3 Å². The molecule has 7 heteroatoms. The van der Waals surface area contributed by atoms with Crippen molar-refractivity contribution in [3.63, 3.8) is 0 Å². The van der Waals surface area contributed by atoms with E-state index in [0.29, 0.717) is 11.3 Å². The molecule has 0 fully saturated rings. The van der Waals surface area contributed by atoms with Gasteiger partial charge in [0.1, 0.15) is 23.0 Å². The maximum absolute atomic E-state index is 9.58. The number of anilines is 2. The molecule has 0 amide bonds. The minimum Gasteiger partial charge on any atom is -0.382 e. The van der Waals surface area contributed by atoms with Crippen molar-refractivity contribution in [2.24, 2.45) is 0 Å². The second-order valence-corrected chi connectivity index (χ2v) is 9.33. The second kappa shape index (κ2) is 10.2. The van der Waals surface area contributed by atoms with E-state index in [0.717, 1.165) is 27.9 Å². The molecular formula is C33H25N7. The number of aromatic nitrogens is 4. The van der Waals surface area contributed by atoms with E-state index in [2.05, 4.69) is 88.8 Å². The minimum atomic E-state index is -0.695. The maximum Gasteiger partial charge on any atom is 0.222 e. The van der Waals surface area contributed by atoms with Crippen LogP contribution < -0.4 is 11.5 Å². The van der Waals surface area contributed by atoms with Crippen LogP contribution in [0.4, 0.5) is 11.8 Å². The zero-order valence-corrected chi connectivity index (χ0v) is 21.5. The molecule has 4 N–H and O–H groups in total. The molecule has 0 bridgehead atoms. The standard InChI is InChI=1S/C33H25N7/c34-22-28-30(37-32(36)38-31(28)35)24-18-16-23(17-19-24)29-20-21-40(39-29)33(25-10-4-1-5-11-25,26-12-6-2-7-13-26)27-14-8-3-9-15-27/h1-21H,(H4,35,36,37,38). The van der Waals surface area contributed by atoms with Crippen molar-refractivity contribution in [3.05, 3.63) is 150 Å². The fourth-order valence-electron chi connectivity index (χ4n) is 5.21. The molecule has 6 rings (SSSR count). The summed E-state index contributed by atoms with van der Waals surface area (Å²) >= 11 is 0. The molecule has 6 aromatic rings. The van der Waals surface area contributed by atoms with Gasteiger partial charge in [-0.25, -0.2) is 4.98 Å². The van der Waals surface area contributed by atoms with Crippen LogP contribution in [0, 0.1) is 11.3 Å². The normalized spacial score (nSPS) is 11.2. The highest BCUT2D eigenvalue weighted by Gasteiger charge is 2.39. The molecule has 0 atom stereocenters. The monoisotopic (exact) mass is 519 g/mol. The Bertz CT molecular complexity index is 1710. The van der Waals surface area contributed by atoms with Gasteiger partial charge in [0, 0.05) is 17.3 Å². The number of rotatable bonds is 6. The van der Waals surface area contributed by atoms with Crippen LogP contribution in [0.25, 0.3) is 22.5 Å². The fraction of sp³-hybridized carbons (Fsp3) is 0.0303. The second-order valence-electron chi connectivity index (χ2n) is 9.33. The largest absolute Gasteiger partial charge is 0.382 e. The van der Waals surface area contributed by atoms with Crippen molar-refractivity contribution < 1.29 is 0 Å². The predicted octanol–water partition coefficient (Wildman–Crippen LogP) is 5.88. The van der Waals surface area contributed by atoms with Crippen LogP contribution in [0.5, 0.6) is 0 Å². The average Bonchev–Trinajstić information content (AvgIpc) is 3.50. The van der Waals surface area contributed by atoms with Crippen molar-refractivity contribution in [1.82, 2.24) is 19.7 Å². The highest BCUT2D eigenvalue weighted by atomic mass is 15.3. The van der Waals surface area contributed by atoms with Gasteiger partial charge < -0.3 is 11.5 Å². The van der Waals surface area contributed by atoms with Crippen molar-refractivity contribution in [3.8, 4) is 28.6 Å². The number of benzene rings is 4. The van der Waals surface area contributed by atoms with E-state index in [1.54, 1.807) is 0 Å². The lowest BCUT2D eigenvalue weighted by atomic mass is 9.77. The summed E-state index contributed by atoms with van der Waals surface area (Å²) in [7, 11) is 0. The molecule has 0 aliphatic heterocycles. The third-order valence-electron chi connectivity index (χ3n) is 7.03. The Morgan fingerprint density at radius 2 is 1.12 bits per heavy atom. The molecule has 2 heterocycles. The van der Waals surface area contributed by atoms with E-state index in [4.69, 9.17) is 16.6 Å². The van der Waals surface area contributed by atoms with Gasteiger partial charge in [0.15, 0.2) is 0 Å². The topological polar surface area (TPSA) is 119 Å². The van der Waals surface area contributed by atoms with Gasteiger partial charge in [0.2, 0.25) is 5.95 Å². The highest BCUT2D eigenvalue weighted by Crippen LogP contribution is 2.41. The molecule has 192 valence electrons. The molecule has 4 aromatic carbocycles. The number of hydrogen-bond donors (Lipinski definition) is 2. The van der Waals surface area contributed by atoms with Gasteiger partial charge in [-0.3, -0.25) is 4.68 Å². The Kier molecular flexibility index (Phi) is 6.27. The van der Waals surface area contributed by atoms with Gasteiger partial charge in [0.25, 0.3) is 0 Å². The third-order valence-corrected chi connectivity index (χ3v) is 7.03. The van der Waals surface area contributed by atoms with Crippen LogP contribution in [0.2, 0.25) is 0 Å². The number of hydrogen-bond acceptors (Lipinski definition) is 6. The fourth-order valence-corrected chi connectivity index (χ4v) is 5.21. The summed E-state index contributed by atoms with van der Waals surface area (Å²) in [5.41, 5.74) is 17.4. The summed E-state index contributed by atoms with van der Waals surface area (Å²) in [5, 5.41) is 14.7. The Balaban J connectivity index is 1.49. The van der Waals surface area contributed by atoms with Crippen LogP contribution in [0.15, 0.2) is 128 Å². The Morgan fingerprint density at radius 1 is 0.625 bits per heavy atom. The summed E-state index contributed by atoms with van der Waals surface area (Å²) in [5.74, 6) is 0.0836. The van der Waals surface area contributed by atoms with E-state index in [1.807, 2.05) is 59.4 Å². The molecule has 0 spiro atoms. The van der Waals surface area contributed by atoms with Crippen molar-refractivity contribution in [2.75, 3.05) is 11.5 Å². The molecule has 0 saturated heterocycles. The lowest BCUT2D eigenvalue weighted by Crippen LogP contribution is -2.38. The van der Waals surface area contributed by atoms with Gasteiger partial charge in [-0.2, -0.15) is 15.3 Å². The predicted molar refractivity (Wildman–Crippen MR) is 157 cm³/mol. The Hall–Kier alpha value is -5.74. The van der Waals surface area contributed by atoms with Gasteiger partial charge in [0.05, 0.1) is 11.4 Å². The first-order valence-corrected chi connectivity index (χ1v) is 12.8. The first-order chi connectivity index (χ1) is 19.6. The van der Waals surface area contributed by atoms with E-state index >= 15 is 0 Å². The quantitative estimate of drug-likeness (QED) is 0.265. The summed E-state index contributed by atoms with van der Waals surface area (Å²) < 4.78 is 2.04. The van der Waals surface area contributed by atoms with E-state index in [-0.39, 0.29) is 17.3 Å². The van der Waals surface area contributed by atoms with Crippen LogP contribution in [-0.2, 0) is 5.54 Å². The molecule has 2 aromatic heterocycles. The summed E-state index contributed by atoms with van der Waals surface area (Å²) in [6.45, 7) is 0. The maximum atomic E-state index is 9.58. The molecular weight excluding hydrogens is 494 g/mol. The van der Waals surface area contributed by atoms with Crippen LogP contribution >= 0.6 is 0 Å². The van der Waals surface area contributed by atoms with Crippen molar-refractivity contribution in [2.45, 2.75) is 5.54 Å². The van der Waals surface area contributed by atoms with Gasteiger partial charge in [-0.05, 0) is 22.8 Å². The van der Waals surface area contributed by atoms with E-state index in [9.17, 15) is 5.26 Å². The van der Waals surface area contributed by atoms with Gasteiger partial charge in [-0.1, -0.05) is 115 Å². The third kappa shape index (κ3) is 4.14. The summed E-state index contributed by atoms with van der Waals surface area (Å²) in [6.07, 6.45) is 2.02. The molecule has 40 heavy (non-hydrogen) atoms. The molecule has 0 saturated carbocycles. The van der Waals surface area contributed by atoms with Crippen LogP contribution in [-0.4, -0.2) is 19.7 Å². The Labute approximate surface area is 232 Å². The summed E-state index contributed by atoms with van der Waals surface area (Å²) in [4.78, 5) is 8.16. The zero-order valence-electron chi connectivity index (χ0n) is 21.5. The smallest absolute Gasteiger partial charge is 0.222 e. The molecule has 7 nitrogen and oxygen atoms in total. The lowest BCUT2D eigenvalue weighted by molar-refractivity contribution is 0.461. The first-order valence-electron chi connectivity index (χ1n) is 12.8. The number of nitrogen functional groups attached to an aromatic ring is 2. The summed E-state index contributed by atoms with van der Waals surface area (Å²) in [6, 6.07) is 43.0. The van der Waals surface area contributed by atoms with Crippen LogP contribution in [0.3, 0.4) is 0 Å². The van der Waals surface area contributed by atoms with E-state index in [1.165, 1.54) is 0 Å². The SMILES string of the molecule is N#Cc1c(N)nc(N)nc1-c1ccc(-c2ccn(C(c3ccccc3)(c3ccccc3)c3ccccc3)n2)cc1. The van der Waals surface area contributed by atoms with E-state index < -0.39 is 5.54 Å². The van der Waals surface area contributed by atoms with Gasteiger partial charge >= 0.3 is 0 Å². The molecule has 0 aliphatic carbocycles. The molecule has 0 unspecified atom stereocenters. The van der Waals surface area contributed by atoms with Crippen molar-refractivity contribution >= 4 is 11.8 Å². The number of nitrogens with zero attached hydrogens (tertiary/aromatic N) is 5. The van der Waals surface area contributed by atoms with Gasteiger partial charge in [-0.15, -0.1) is 0 Å². The van der Waals surface area contributed by atoms with Crippen molar-refractivity contribution in [1.29, 1.82) is 5.26 Å². The molecule has 0 radical (unpaired) electrons. The first kappa shape index (κ1) is 24.6. The molecule has 0 aliphatic rings. The average molecular weight is 520 g/mol. The zero-order chi connectivity index (χ0) is 27.5. The highest BCUT2D eigenvalue weighted by molar-refractivity contribution is 5.75. The Morgan fingerprint density at radius 3 is 1.62 bits per heavy atom. The lowest BCUT2D eigenvalue weighted by Gasteiger charge is -2.36. The minimum absolute atomic E-state index is 0.0217. The number of nitriles is 1.